The van der Waals surface area contributed by atoms with Crippen molar-refractivity contribution < 1.29 is 9.53 Å². The van der Waals surface area contributed by atoms with Gasteiger partial charge in [-0.05, 0) is 44.9 Å². The second-order valence-electron chi connectivity index (χ2n) is 8.39. The molecule has 1 aromatic heterocycles. The zero-order valence-electron chi connectivity index (χ0n) is 16.9. The predicted molar refractivity (Wildman–Crippen MR) is 108 cm³/mol. The molecule has 3 aliphatic rings. The summed E-state index contributed by atoms with van der Waals surface area (Å²) in [5.41, 5.74) is 1.26. The molecule has 2 saturated heterocycles. The summed E-state index contributed by atoms with van der Waals surface area (Å²) in [5.74, 6) is 1.50. The third kappa shape index (κ3) is 4.09. The number of piperidine rings is 1. The van der Waals surface area contributed by atoms with Crippen molar-refractivity contribution in [1.82, 2.24) is 14.9 Å². The number of fused-ring (bicyclic) bond motifs is 1. The van der Waals surface area contributed by atoms with Gasteiger partial charge < -0.3 is 14.5 Å². The fourth-order valence-electron chi connectivity index (χ4n) is 5.12. The van der Waals surface area contributed by atoms with Gasteiger partial charge in [0.25, 0.3) is 5.56 Å². The van der Waals surface area contributed by atoms with Crippen LogP contribution in [0.15, 0.2) is 4.79 Å². The molecule has 7 nitrogen and oxygen atoms in total. The number of ether oxygens (including phenoxy) is 1. The van der Waals surface area contributed by atoms with Crippen LogP contribution in [0.3, 0.4) is 0 Å². The number of morpholine rings is 1. The second-order valence-corrected chi connectivity index (χ2v) is 8.39. The number of nitrogens with one attached hydrogen (secondary N) is 1. The lowest BCUT2D eigenvalue weighted by Crippen LogP contribution is -2.49. The van der Waals surface area contributed by atoms with Gasteiger partial charge in [-0.1, -0.05) is 12.8 Å². The standard InChI is InChI=1S/C21H32N4O3/c1-15-17(20(27)23-21(22-15)24-11-13-28-14-12-24)8-9-19(26)25-10-4-6-16-5-2-3-7-18(16)25/h16,18H,2-14H2,1H3,(H,22,23,27). The number of aryl methyl sites for hydroxylation is 1. The minimum absolute atomic E-state index is 0.115. The Morgan fingerprint density at radius 2 is 1.89 bits per heavy atom. The fourth-order valence-corrected chi connectivity index (χ4v) is 5.12. The number of H-pyrrole nitrogens is 1. The molecule has 0 radical (unpaired) electrons. The Labute approximate surface area is 166 Å². The Kier molecular flexibility index (Phi) is 5.99. The number of hydrogen-bond acceptors (Lipinski definition) is 5. The van der Waals surface area contributed by atoms with Crippen LogP contribution < -0.4 is 10.5 Å². The van der Waals surface area contributed by atoms with Crippen LogP contribution in [0, 0.1) is 12.8 Å². The van der Waals surface area contributed by atoms with E-state index in [4.69, 9.17) is 4.74 Å². The number of amides is 1. The van der Waals surface area contributed by atoms with Crippen molar-refractivity contribution >= 4 is 11.9 Å². The van der Waals surface area contributed by atoms with E-state index in [0.29, 0.717) is 49.5 Å². The van der Waals surface area contributed by atoms with E-state index >= 15 is 0 Å². The van der Waals surface area contributed by atoms with E-state index in [1.54, 1.807) is 0 Å². The zero-order chi connectivity index (χ0) is 19.5. The maximum Gasteiger partial charge on any atom is 0.255 e. The Morgan fingerprint density at radius 1 is 1.14 bits per heavy atom. The van der Waals surface area contributed by atoms with Crippen LogP contribution in [0.1, 0.15) is 56.2 Å². The van der Waals surface area contributed by atoms with Crippen LogP contribution in [0.2, 0.25) is 0 Å². The SMILES string of the molecule is Cc1nc(N2CCOCC2)[nH]c(=O)c1CCC(=O)N1CCCC2CCCCC21. The highest BCUT2D eigenvalue weighted by Gasteiger charge is 2.35. The molecule has 0 aromatic carbocycles. The van der Waals surface area contributed by atoms with Gasteiger partial charge in [0.1, 0.15) is 0 Å². The van der Waals surface area contributed by atoms with E-state index in [-0.39, 0.29) is 11.5 Å². The van der Waals surface area contributed by atoms with Crippen molar-refractivity contribution in [3.8, 4) is 0 Å². The highest BCUT2D eigenvalue weighted by molar-refractivity contribution is 5.77. The number of aromatic nitrogens is 2. The number of anilines is 1. The van der Waals surface area contributed by atoms with Gasteiger partial charge in [-0.2, -0.15) is 0 Å². The number of nitrogens with zero attached hydrogens (tertiary/aromatic N) is 3. The summed E-state index contributed by atoms with van der Waals surface area (Å²) in [7, 11) is 0. The molecule has 1 N–H and O–H groups in total. The molecule has 1 saturated carbocycles. The molecule has 28 heavy (non-hydrogen) atoms. The molecule has 0 spiro atoms. The van der Waals surface area contributed by atoms with Gasteiger partial charge in [0.15, 0.2) is 0 Å². The van der Waals surface area contributed by atoms with E-state index in [1.807, 2.05) is 11.8 Å². The number of likely N-dealkylation sites (tertiary alicyclic amines) is 1. The monoisotopic (exact) mass is 388 g/mol. The van der Waals surface area contributed by atoms with Crippen molar-refractivity contribution in [1.29, 1.82) is 0 Å². The summed E-state index contributed by atoms with van der Waals surface area (Å²) in [6.45, 7) is 5.52. The zero-order valence-corrected chi connectivity index (χ0v) is 16.9. The summed E-state index contributed by atoms with van der Waals surface area (Å²) >= 11 is 0. The number of rotatable bonds is 4. The van der Waals surface area contributed by atoms with Crippen molar-refractivity contribution in [2.75, 3.05) is 37.7 Å². The normalized spacial score (nSPS) is 25.5. The minimum Gasteiger partial charge on any atom is -0.378 e. The molecule has 2 aliphatic heterocycles. The number of carbonyl (C=O) groups is 1. The van der Waals surface area contributed by atoms with Gasteiger partial charge in [-0.25, -0.2) is 4.98 Å². The van der Waals surface area contributed by atoms with Gasteiger partial charge in [0, 0.05) is 43.4 Å². The van der Waals surface area contributed by atoms with E-state index in [1.165, 1.54) is 25.7 Å². The summed E-state index contributed by atoms with van der Waals surface area (Å²) < 4.78 is 5.36. The molecule has 4 rings (SSSR count). The Balaban J connectivity index is 1.41. The van der Waals surface area contributed by atoms with Crippen molar-refractivity contribution in [2.45, 2.75) is 64.3 Å². The smallest absolute Gasteiger partial charge is 0.255 e. The lowest BCUT2D eigenvalue weighted by Gasteiger charge is -2.44. The molecule has 154 valence electrons. The van der Waals surface area contributed by atoms with Gasteiger partial charge in [-0.15, -0.1) is 0 Å². The van der Waals surface area contributed by atoms with Crippen LogP contribution in [0.5, 0.6) is 0 Å². The largest absolute Gasteiger partial charge is 0.378 e. The highest BCUT2D eigenvalue weighted by Crippen LogP contribution is 2.35. The highest BCUT2D eigenvalue weighted by atomic mass is 16.5. The van der Waals surface area contributed by atoms with Gasteiger partial charge in [0.2, 0.25) is 11.9 Å². The van der Waals surface area contributed by atoms with Crippen LogP contribution >= 0.6 is 0 Å². The molecular weight excluding hydrogens is 356 g/mol. The molecule has 2 atom stereocenters. The van der Waals surface area contributed by atoms with E-state index < -0.39 is 0 Å². The number of aromatic amines is 1. The first-order chi connectivity index (χ1) is 13.6. The van der Waals surface area contributed by atoms with E-state index in [2.05, 4.69) is 14.9 Å². The van der Waals surface area contributed by atoms with Crippen LogP contribution in [0.4, 0.5) is 5.95 Å². The Bertz CT molecular complexity index is 755. The molecular formula is C21H32N4O3. The van der Waals surface area contributed by atoms with Crippen molar-refractivity contribution in [2.24, 2.45) is 5.92 Å². The van der Waals surface area contributed by atoms with Gasteiger partial charge >= 0.3 is 0 Å². The maximum absolute atomic E-state index is 12.9. The molecule has 1 aromatic rings. The summed E-state index contributed by atoms with van der Waals surface area (Å²) in [6.07, 6.45) is 8.18. The number of carbonyl (C=O) groups excluding carboxylic acids is 1. The van der Waals surface area contributed by atoms with E-state index in [9.17, 15) is 9.59 Å². The van der Waals surface area contributed by atoms with Crippen LogP contribution in [-0.4, -0.2) is 59.7 Å². The predicted octanol–water partition coefficient (Wildman–Crippen LogP) is 2.03. The van der Waals surface area contributed by atoms with Crippen LogP contribution in [-0.2, 0) is 16.0 Å². The summed E-state index contributed by atoms with van der Waals surface area (Å²) in [4.78, 5) is 37.3. The topological polar surface area (TPSA) is 78.5 Å². The third-order valence-electron chi connectivity index (χ3n) is 6.67. The third-order valence-corrected chi connectivity index (χ3v) is 6.67. The first-order valence-corrected chi connectivity index (χ1v) is 10.9. The minimum atomic E-state index is -0.115. The molecule has 2 unspecified atom stereocenters. The van der Waals surface area contributed by atoms with Crippen LogP contribution in [0.25, 0.3) is 0 Å². The first-order valence-electron chi connectivity index (χ1n) is 10.9. The van der Waals surface area contributed by atoms with E-state index in [0.717, 1.165) is 38.2 Å². The molecule has 7 heteroatoms. The lowest BCUT2D eigenvalue weighted by atomic mass is 9.78. The van der Waals surface area contributed by atoms with Crippen molar-refractivity contribution in [3.63, 3.8) is 0 Å². The first kappa shape index (κ1) is 19.4. The lowest BCUT2D eigenvalue weighted by molar-refractivity contribution is -0.137. The molecule has 3 heterocycles. The molecule has 1 amide bonds. The Morgan fingerprint density at radius 3 is 2.68 bits per heavy atom. The Hall–Kier alpha value is -1.89. The molecule has 3 fully saturated rings. The van der Waals surface area contributed by atoms with Gasteiger partial charge in [-0.3, -0.25) is 14.6 Å². The second kappa shape index (κ2) is 8.64. The van der Waals surface area contributed by atoms with Crippen molar-refractivity contribution in [3.05, 3.63) is 21.6 Å². The van der Waals surface area contributed by atoms with Gasteiger partial charge in [0.05, 0.1) is 13.2 Å². The fraction of sp³-hybridized carbons (Fsp3) is 0.762. The molecule has 1 aliphatic carbocycles. The summed E-state index contributed by atoms with van der Waals surface area (Å²) in [6, 6.07) is 0.427. The number of hydrogen-bond donors (Lipinski definition) is 1. The average Bonchev–Trinajstić information content (AvgIpc) is 2.73. The summed E-state index contributed by atoms with van der Waals surface area (Å²) in [5, 5.41) is 0. The average molecular weight is 389 g/mol. The molecule has 0 bridgehead atoms. The maximum atomic E-state index is 12.9. The quantitative estimate of drug-likeness (QED) is 0.854.